The summed E-state index contributed by atoms with van der Waals surface area (Å²) in [6, 6.07) is 5.65. The van der Waals surface area contributed by atoms with Gasteiger partial charge in [0.2, 0.25) is 0 Å². The molecule has 1 unspecified atom stereocenters. The minimum Gasteiger partial charge on any atom is -0.452 e. The molecule has 2 rings (SSSR count). The van der Waals surface area contributed by atoms with E-state index in [0.717, 1.165) is 11.1 Å². The number of imidazole rings is 1. The smallest absolute Gasteiger partial charge is 0.307 e. The third kappa shape index (κ3) is 6.13. The number of benzene rings is 1. The molecule has 2 N–H and O–H groups in total. The van der Waals surface area contributed by atoms with E-state index in [1.807, 2.05) is 32.0 Å². The van der Waals surface area contributed by atoms with Gasteiger partial charge in [-0.2, -0.15) is 0 Å². The van der Waals surface area contributed by atoms with Crippen LogP contribution in [0, 0.1) is 20.8 Å². The molecule has 158 valence electrons. The largest absolute Gasteiger partial charge is 0.452 e. The van der Waals surface area contributed by atoms with Crippen molar-refractivity contribution in [2.45, 2.75) is 45.2 Å². The fraction of sp³-hybridized carbons (Fsp3) is 0.421. The van der Waals surface area contributed by atoms with Crippen LogP contribution in [-0.2, 0) is 31.4 Å². The Hall–Kier alpha value is -2.72. The Morgan fingerprint density at radius 1 is 1.24 bits per heavy atom. The maximum atomic E-state index is 12.3. The molecule has 1 aromatic heterocycles. The molecule has 0 aliphatic carbocycles. The third-order valence-corrected chi connectivity index (χ3v) is 5.64. The molecular weight excluding hydrogens is 396 g/mol. The predicted octanol–water partition coefficient (Wildman–Crippen LogP) is 1.58. The second kappa shape index (κ2) is 9.19. The van der Waals surface area contributed by atoms with E-state index in [-0.39, 0.29) is 18.0 Å². The first-order chi connectivity index (χ1) is 13.5. The molecule has 0 saturated carbocycles. The molecule has 1 aromatic carbocycles. The number of carbonyl (C=O) groups is 2. The van der Waals surface area contributed by atoms with Gasteiger partial charge in [-0.15, -0.1) is 0 Å². The van der Waals surface area contributed by atoms with Gasteiger partial charge in [-0.05, 0) is 44.9 Å². The normalized spacial score (nSPS) is 12.4. The fourth-order valence-electron chi connectivity index (χ4n) is 2.43. The summed E-state index contributed by atoms with van der Waals surface area (Å²) in [4.78, 5) is 28.2. The minimum absolute atomic E-state index is 0.118. The molecule has 1 heterocycles. The molecule has 0 aliphatic rings. The SMILES string of the molecule is Cc1ccc(C)c(NC(=O)C(C)OC(=O)CCNS(=O)(=O)c2cn(C)c(C)n2)c1. The lowest BCUT2D eigenvalue weighted by Crippen LogP contribution is -2.32. The highest BCUT2D eigenvalue weighted by molar-refractivity contribution is 7.89. The van der Waals surface area contributed by atoms with Gasteiger partial charge in [0, 0.05) is 25.5 Å². The van der Waals surface area contributed by atoms with Crippen molar-refractivity contribution in [2.24, 2.45) is 7.05 Å². The summed E-state index contributed by atoms with van der Waals surface area (Å²) in [5.41, 5.74) is 2.53. The molecular formula is C19H26N4O5S. The maximum Gasteiger partial charge on any atom is 0.307 e. The topological polar surface area (TPSA) is 119 Å². The van der Waals surface area contributed by atoms with Crippen molar-refractivity contribution < 1.29 is 22.7 Å². The third-order valence-electron chi connectivity index (χ3n) is 4.31. The number of ether oxygens (including phenoxy) is 1. The number of aryl methyl sites for hydroxylation is 4. The van der Waals surface area contributed by atoms with E-state index >= 15 is 0 Å². The van der Waals surface area contributed by atoms with E-state index in [2.05, 4.69) is 15.0 Å². The fourth-order valence-corrected chi connectivity index (χ4v) is 3.50. The summed E-state index contributed by atoms with van der Waals surface area (Å²) in [6.45, 7) is 6.75. The number of rotatable bonds is 8. The second-order valence-electron chi connectivity index (χ2n) is 6.82. The van der Waals surface area contributed by atoms with Crippen molar-refractivity contribution in [2.75, 3.05) is 11.9 Å². The number of hydrogen-bond donors (Lipinski definition) is 2. The van der Waals surface area contributed by atoms with Crippen molar-refractivity contribution in [3.63, 3.8) is 0 Å². The number of sulfonamides is 1. The van der Waals surface area contributed by atoms with Crippen LogP contribution in [0.4, 0.5) is 5.69 Å². The molecule has 0 fully saturated rings. The van der Waals surface area contributed by atoms with Crippen LogP contribution >= 0.6 is 0 Å². The monoisotopic (exact) mass is 422 g/mol. The van der Waals surface area contributed by atoms with Gasteiger partial charge < -0.3 is 14.6 Å². The molecule has 10 heteroatoms. The molecule has 2 aromatic rings. The van der Waals surface area contributed by atoms with Gasteiger partial charge in [0.05, 0.1) is 6.42 Å². The average Bonchev–Trinajstić information content (AvgIpc) is 2.97. The molecule has 0 aliphatic heterocycles. The molecule has 0 spiro atoms. The molecule has 0 saturated heterocycles. The standard InChI is InChI=1S/C19H26N4O5S/c1-12-6-7-13(2)16(10-12)22-19(25)14(3)28-18(24)8-9-20-29(26,27)17-11-23(5)15(4)21-17/h6-7,10-11,14,20H,8-9H2,1-5H3,(H,22,25). The van der Waals surface area contributed by atoms with Crippen molar-refractivity contribution in [3.05, 3.63) is 41.3 Å². The van der Waals surface area contributed by atoms with Gasteiger partial charge in [0.25, 0.3) is 15.9 Å². The van der Waals surface area contributed by atoms with Gasteiger partial charge in [-0.25, -0.2) is 18.1 Å². The predicted molar refractivity (Wildman–Crippen MR) is 108 cm³/mol. The lowest BCUT2D eigenvalue weighted by Gasteiger charge is -2.15. The summed E-state index contributed by atoms with van der Waals surface area (Å²) < 4.78 is 33.3. The molecule has 29 heavy (non-hydrogen) atoms. The molecule has 1 amide bonds. The van der Waals surface area contributed by atoms with E-state index in [1.165, 1.54) is 13.1 Å². The molecule has 0 bridgehead atoms. The Morgan fingerprint density at radius 3 is 2.55 bits per heavy atom. The van der Waals surface area contributed by atoms with E-state index in [4.69, 9.17) is 4.74 Å². The number of carbonyl (C=O) groups excluding carboxylic acids is 2. The number of nitrogens with zero attached hydrogens (tertiary/aromatic N) is 2. The number of anilines is 1. The van der Waals surface area contributed by atoms with Crippen LogP contribution in [0.25, 0.3) is 0 Å². The number of amides is 1. The van der Waals surface area contributed by atoms with Crippen LogP contribution < -0.4 is 10.0 Å². The highest BCUT2D eigenvalue weighted by Crippen LogP contribution is 2.17. The number of aromatic nitrogens is 2. The second-order valence-corrected chi connectivity index (χ2v) is 8.54. The quantitative estimate of drug-likeness (QED) is 0.624. The van der Waals surface area contributed by atoms with Gasteiger partial charge in [0.15, 0.2) is 11.1 Å². The first-order valence-corrected chi connectivity index (χ1v) is 10.5. The van der Waals surface area contributed by atoms with Crippen LogP contribution in [0.5, 0.6) is 0 Å². The van der Waals surface area contributed by atoms with Crippen LogP contribution in [0.2, 0.25) is 0 Å². The average molecular weight is 423 g/mol. The first-order valence-electron chi connectivity index (χ1n) is 9.07. The van der Waals surface area contributed by atoms with E-state index in [9.17, 15) is 18.0 Å². The van der Waals surface area contributed by atoms with Crippen LogP contribution in [-0.4, -0.2) is 42.5 Å². The van der Waals surface area contributed by atoms with E-state index < -0.39 is 28.0 Å². The van der Waals surface area contributed by atoms with Crippen LogP contribution in [0.1, 0.15) is 30.3 Å². The summed E-state index contributed by atoms with van der Waals surface area (Å²) in [5, 5.41) is 2.61. The zero-order valence-corrected chi connectivity index (χ0v) is 18.0. The molecule has 0 radical (unpaired) electrons. The zero-order valence-electron chi connectivity index (χ0n) is 17.1. The highest BCUT2D eigenvalue weighted by atomic mass is 32.2. The summed E-state index contributed by atoms with van der Waals surface area (Å²) >= 11 is 0. The van der Waals surface area contributed by atoms with Crippen molar-refractivity contribution >= 4 is 27.6 Å². The highest BCUT2D eigenvalue weighted by Gasteiger charge is 2.21. The summed E-state index contributed by atoms with van der Waals surface area (Å²) in [6.07, 6.45) is 0.152. The van der Waals surface area contributed by atoms with E-state index in [1.54, 1.807) is 18.5 Å². The van der Waals surface area contributed by atoms with Gasteiger partial charge in [0.1, 0.15) is 5.82 Å². The van der Waals surface area contributed by atoms with Crippen molar-refractivity contribution in [3.8, 4) is 0 Å². The first kappa shape index (κ1) is 22.6. The number of hydrogen-bond acceptors (Lipinski definition) is 6. The Morgan fingerprint density at radius 2 is 1.93 bits per heavy atom. The van der Waals surface area contributed by atoms with Crippen LogP contribution in [0.15, 0.2) is 29.4 Å². The Labute approximate surface area is 170 Å². The lowest BCUT2D eigenvalue weighted by molar-refractivity contribution is -0.152. The number of esters is 1. The Kier molecular flexibility index (Phi) is 7.15. The van der Waals surface area contributed by atoms with Gasteiger partial charge in [-0.1, -0.05) is 12.1 Å². The van der Waals surface area contributed by atoms with Crippen molar-refractivity contribution in [1.29, 1.82) is 0 Å². The van der Waals surface area contributed by atoms with Crippen LogP contribution in [0.3, 0.4) is 0 Å². The van der Waals surface area contributed by atoms with E-state index in [0.29, 0.717) is 11.5 Å². The molecule has 1 atom stereocenters. The van der Waals surface area contributed by atoms with Gasteiger partial charge >= 0.3 is 5.97 Å². The van der Waals surface area contributed by atoms with Gasteiger partial charge in [-0.3, -0.25) is 9.59 Å². The minimum atomic E-state index is -3.82. The Balaban J connectivity index is 1.83. The maximum absolute atomic E-state index is 12.3. The molecule has 9 nitrogen and oxygen atoms in total. The Bertz CT molecular complexity index is 994. The number of nitrogens with one attached hydrogen (secondary N) is 2. The zero-order chi connectivity index (χ0) is 21.8. The lowest BCUT2D eigenvalue weighted by atomic mass is 10.1. The summed E-state index contributed by atoms with van der Waals surface area (Å²) in [5.74, 6) is -0.599. The summed E-state index contributed by atoms with van der Waals surface area (Å²) in [7, 11) is -2.14. The van der Waals surface area contributed by atoms with Crippen molar-refractivity contribution in [1.82, 2.24) is 14.3 Å².